The summed E-state index contributed by atoms with van der Waals surface area (Å²) in [4.78, 5) is 26.6. The van der Waals surface area contributed by atoms with Gasteiger partial charge in [0.1, 0.15) is 11.1 Å². The number of nitriles is 1. The molecule has 0 saturated carbocycles. The fourth-order valence-electron chi connectivity index (χ4n) is 3.22. The summed E-state index contributed by atoms with van der Waals surface area (Å²) in [7, 11) is 0. The topological polar surface area (TPSA) is 61.2 Å². The molecule has 0 N–H and O–H groups in total. The average molecular weight is 334 g/mol. The summed E-state index contributed by atoms with van der Waals surface area (Å²) in [6.07, 6.45) is 5.84. The molecule has 1 fully saturated rings. The Bertz CT molecular complexity index is 660. The maximum Gasteiger partial charge on any atom is 0.228 e. The van der Waals surface area contributed by atoms with E-state index in [1.807, 2.05) is 0 Å². The van der Waals surface area contributed by atoms with Crippen molar-refractivity contribution in [3.63, 3.8) is 0 Å². The van der Waals surface area contributed by atoms with E-state index in [0.717, 1.165) is 36.2 Å². The lowest BCUT2D eigenvalue weighted by molar-refractivity contribution is -0.117. The van der Waals surface area contributed by atoms with Crippen molar-refractivity contribution in [2.24, 2.45) is 0 Å². The van der Waals surface area contributed by atoms with Gasteiger partial charge in [-0.2, -0.15) is 5.26 Å². The maximum atomic E-state index is 12.3. The molecule has 1 aliphatic carbocycles. The van der Waals surface area contributed by atoms with Crippen molar-refractivity contribution in [2.75, 3.05) is 11.4 Å². The molecule has 0 aromatic carbocycles. The number of carbonyl (C=O) groups excluding carboxylic acids is 2. The molecule has 2 aliphatic rings. The van der Waals surface area contributed by atoms with Crippen LogP contribution in [-0.2, 0) is 22.4 Å². The van der Waals surface area contributed by atoms with E-state index in [0.29, 0.717) is 18.5 Å². The monoisotopic (exact) mass is 334 g/mol. The van der Waals surface area contributed by atoms with Gasteiger partial charge < -0.3 is 4.90 Å². The molecule has 1 saturated heterocycles. The average Bonchev–Trinajstić information content (AvgIpc) is 2.89. The molecule has 0 spiro atoms. The van der Waals surface area contributed by atoms with Gasteiger partial charge in [-0.05, 0) is 31.2 Å². The minimum absolute atomic E-state index is 0.0125. The second kappa shape index (κ2) is 6.43. The van der Waals surface area contributed by atoms with Crippen molar-refractivity contribution in [3.05, 3.63) is 16.0 Å². The van der Waals surface area contributed by atoms with E-state index in [1.54, 1.807) is 16.2 Å². The summed E-state index contributed by atoms with van der Waals surface area (Å²) in [5.74, 6) is 0.0339. The first kappa shape index (κ1) is 15.6. The molecule has 1 atom stereocenters. The number of carbonyl (C=O) groups is 2. The number of amides is 1. The number of nitrogens with zero attached hydrogens (tertiary/aromatic N) is 2. The van der Waals surface area contributed by atoms with Crippen LogP contribution in [0.5, 0.6) is 0 Å². The number of fused-ring (bicyclic) bond motifs is 1. The van der Waals surface area contributed by atoms with Gasteiger partial charge in [0, 0.05) is 30.0 Å². The largest absolute Gasteiger partial charge is 0.302 e. The van der Waals surface area contributed by atoms with Crippen LogP contribution in [0.15, 0.2) is 0 Å². The van der Waals surface area contributed by atoms with Crippen molar-refractivity contribution in [3.8, 4) is 6.07 Å². The molecule has 1 aliphatic heterocycles. The summed E-state index contributed by atoms with van der Waals surface area (Å²) in [6.45, 7) is 2.07. The van der Waals surface area contributed by atoms with Crippen molar-refractivity contribution in [1.82, 2.24) is 0 Å². The van der Waals surface area contributed by atoms with Crippen molar-refractivity contribution >= 4 is 39.1 Å². The zero-order chi connectivity index (χ0) is 15.7. The molecule has 116 valence electrons. The normalized spacial score (nSPS) is 21.4. The van der Waals surface area contributed by atoms with Gasteiger partial charge in [0.2, 0.25) is 5.91 Å². The highest BCUT2D eigenvalue weighted by Crippen LogP contribution is 2.41. The third kappa shape index (κ3) is 2.92. The molecule has 1 aromatic rings. The second-order valence-electron chi connectivity index (χ2n) is 5.80. The number of thiophene rings is 1. The fraction of sp³-hybridized carbons (Fsp3) is 0.562. The van der Waals surface area contributed by atoms with Gasteiger partial charge in [-0.1, -0.05) is 18.2 Å². The van der Waals surface area contributed by atoms with Crippen LogP contribution in [0.25, 0.3) is 0 Å². The Kier molecular flexibility index (Phi) is 4.55. The smallest absolute Gasteiger partial charge is 0.228 e. The van der Waals surface area contributed by atoms with Crippen LogP contribution >= 0.6 is 23.1 Å². The van der Waals surface area contributed by atoms with Gasteiger partial charge >= 0.3 is 0 Å². The zero-order valence-corrected chi connectivity index (χ0v) is 14.2. The van der Waals surface area contributed by atoms with Crippen molar-refractivity contribution in [1.29, 1.82) is 5.26 Å². The van der Waals surface area contributed by atoms with Crippen LogP contribution in [0, 0.1) is 11.3 Å². The van der Waals surface area contributed by atoms with Crippen molar-refractivity contribution in [2.45, 2.75) is 50.7 Å². The van der Waals surface area contributed by atoms with Crippen LogP contribution in [0.4, 0.5) is 5.00 Å². The fourth-order valence-corrected chi connectivity index (χ4v) is 5.50. The Morgan fingerprint density at radius 3 is 2.86 bits per heavy atom. The van der Waals surface area contributed by atoms with Gasteiger partial charge in [0.05, 0.1) is 5.56 Å². The Morgan fingerprint density at radius 2 is 2.14 bits per heavy atom. The lowest BCUT2D eigenvalue weighted by atomic mass is 10.1. The van der Waals surface area contributed by atoms with Crippen molar-refractivity contribution < 1.29 is 9.59 Å². The Hall–Kier alpha value is -1.32. The summed E-state index contributed by atoms with van der Waals surface area (Å²) in [5, 5.41) is 10.4. The van der Waals surface area contributed by atoms with Crippen LogP contribution in [-0.4, -0.2) is 22.8 Å². The van der Waals surface area contributed by atoms with Gasteiger partial charge in [-0.25, -0.2) is 0 Å². The quantitative estimate of drug-likeness (QED) is 0.779. The first-order valence-corrected chi connectivity index (χ1v) is 9.32. The van der Waals surface area contributed by atoms with Crippen LogP contribution in [0.1, 0.15) is 48.6 Å². The number of anilines is 1. The highest BCUT2D eigenvalue weighted by molar-refractivity contribution is 8.14. The summed E-state index contributed by atoms with van der Waals surface area (Å²) < 4.78 is 0. The Labute approximate surface area is 138 Å². The molecule has 1 unspecified atom stereocenters. The highest BCUT2D eigenvalue weighted by Gasteiger charge is 2.35. The molecule has 0 radical (unpaired) electrons. The third-order valence-electron chi connectivity index (χ3n) is 4.18. The highest BCUT2D eigenvalue weighted by atomic mass is 32.2. The molecule has 22 heavy (non-hydrogen) atoms. The molecule has 1 aromatic heterocycles. The predicted octanol–water partition coefficient (Wildman–Crippen LogP) is 3.27. The summed E-state index contributed by atoms with van der Waals surface area (Å²) in [6, 6.07) is 2.33. The van der Waals surface area contributed by atoms with Crippen LogP contribution < -0.4 is 4.90 Å². The van der Waals surface area contributed by atoms with E-state index >= 15 is 0 Å². The van der Waals surface area contributed by atoms with E-state index in [9.17, 15) is 14.9 Å². The summed E-state index contributed by atoms with van der Waals surface area (Å²) in [5.41, 5.74) is 1.86. The molecule has 1 amide bonds. The molecule has 2 heterocycles. The Balaban J connectivity index is 1.90. The lowest BCUT2D eigenvalue weighted by Gasteiger charge is -2.15. The SMILES string of the molecule is CC(=O)SC1CC(=O)N(c2sc3c(c2C#N)CCCCC3)C1. The number of hydrogen-bond donors (Lipinski definition) is 0. The molecule has 3 rings (SSSR count). The predicted molar refractivity (Wildman–Crippen MR) is 89.3 cm³/mol. The van der Waals surface area contributed by atoms with E-state index in [-0.39, 0.29) is 16.3 Å². The van der Waals surface area contributed by atoms with E-state index in [2.05, 4.69) is 6.07 Å². The number of rotatable bonds is 2. The Morgan fingerprint density at radius 1 is 1.36 bits per heavy atom. The zero-order valence-electron chi connectivity index (χ0n) is 12.6. The minimum atomic E-state index is 0.0125. The first-order chi connectivity index (χ1) is 10.6. The lowest BCUT2D eigenvalue weighted by Crippen LogP contribution is -2.24. The molecule has 0 bridgehead atoms. The second-order valence-corrected chi connectivity index (χ2v) is 8.36. The van der Waals surface area contributed by atoms with E-state index in [1.165, 1.54) is 30.0 Å². The van der Waals surface area contributed by atoms with E-state index in [4.69, 9.17) is 0 Å². The number of aryl methyl sites for hydroxylation is 1. The van der Waals surface area contributed by atoms with Crippen LogP contribution in [0.2, 0.25) is 0 Å². The molecule has 4 nitrogen and oxygen atoms in total. The first-order valence-electron chi connectivity index (χ1n) is 7.62. The third-order valence-corrected chi connectivity index (χ3v) is 6.48. The molecular formula is C16H18N2O2S2. The van der Waals surface area contributed by atoms with Gasteiger partial charge in [0.25, 0.3) is 0 Å². The van der Waals surface area contributed by atoms with Gasteiger partial charge in [-0.3, -0.25) is 9.59 Å². The number of thioether (sulfide) groups is 1. The summed E-state index contributed by atoms with van der Waals surface area (Å²) >= 11 is 2.85. The standard InChI is InChI=1S/C16H18N2O2S2/c1-10(19)21-11-7-15(20)18(9-11)16-13(8-17)12-5-3-2-4-6-14(12)22-16/h11H,2-7,9H2,1H3. The van der Waals surface area contributed by atoms with Crippen LogP contribution in [0.3, 0.4) is 0 Å². The van der Waals surface area contributed by atoms with Gasteiger partial charge in [0.15, 0.2) is 5.12 Å². The molecule has 6 heteroatoms. The van der Waals surface area contributed by atoms with Gasteiger partial charge in [-0.15, -0.1) is 11.3 Å². The maximum absolute atomic E-state index is 12.3. The van der Waals surface area contributed by atoms with E-state index < -0.39 is 0 Å². The number of hydrogen-bond acceptors (Lipinski definition) is 5. The molecular weight excluding hydrogens is 316 g/mol. The minimum Gasteiger partial charge on any atom is -0.302 e.